The fourth-order valence-electron chi connectivity index (χ4n) is 1.72. The summed E-state index contributed by atoms with van der Waals surface area (Å²) in [4.78, 5) is 0. The number of fused-ring (bicyclic) bond motifs is 1. The van der Waals surface area contributed by atoms with Gasteiger partial charge in [-0.3, -0.25) is 4.40 Å². The summed E-state index contributed by atoms with van der Waals surface area (Å²) in [6, 6.07) is 19.9. The second kappa shape index (κ2) is 3.74. The maximum atomic E-state index is 5.79. The van der Waals surface area contributed by atoms with Crippen LogP contribution in [-0.2, 0) is 0 Å². The van der Waals surface area contributed by atoms with Gasteiger partial charge in [0.25, 0.3) is 0 Å². The maximum absolute atomic E-state index is 5.79. The van der Waals surface area contributed by atoms with Gasteiger partial charge in [0.15, 0.2) is 0 Å². The third-order valence-electron chi connectivity index (χ3n) is 2.49. The van der Waals surface area contributed by atoms with Crippen LogP contribution in [0.5, 0.6) is 11.6 Å². The average molecular weight is 209 g/mol. The Labute approximate surface area is 93.7 Å². The van der Waals surface area contributed by atoms with Gasteiger partial charge in [0.05, 0.1) is 0 Å². The summed E-state index contributed by atoms with van der Waals surface area (Å²) in [5, 5.41) is 0. The van der Waals surface area contributed by atoms with Crippen molar-refractivity contribution in [2.24, 2.45) is 0 Å². The summed E-state index contributed by atoms with van der Waals surface area (Å²) in [6.07, 6.45) is 1.99. The molecular weight excluding hydrogens is 198 g/mol. The van der Waals surface area contributed by atoms with Crippen LogP contribution >= 0.6 is 0 Å². The van der Waals surface area contributed by atoms with Crippen LogP contribution in [0.2, 0.25) is 0 Å². The Morgan fingerprint density at radius 1 is 0.750 bits per heavy atom. The van der Waals surface area contributed by atoms with Gasteiger partial charge in [-0.2, -0.15) is 0 Å². The SMILES string of the molecule is c1ccc(Oc2ccc3ccccn23)cc1. The maximum Gasteiger partial charge on any atom is 0.204 e. The predicted molar refractivity (Wildman–Crippen MR) is 63.9 cm³/mol. The summed E-state index contributed by atoms with van der Waals surface area (Å²) in [5.41, 5.74) is 1.13. The van der Waals surface area contributed by atoms with Gasteiger partial charge < -0.3 is 4.74 Å². The van der Waals surface area contributed by atoms with Gasteiger partial charge >= 0.3 is 0 Å². The van der Waals surface area contributed by atoms with Crippen LogP contribution in [0.3, 0.4) is 0 Å². The van der Waals surface area contributed by atoms with E-state index in [0.29, 0.717) is 0 Å². The molecule has 0 saturated carbocycles. The minimum atomic E-state index is 0.835. The Kier molecular flexibility index (Phi) is 2.11. The van der Waals surface area contributed by atoms with E-state index in [1.54, 1.807) is 0 Å². The smallest absolute Gasteiger partial charge is 0.204 e. The van der Waals surface area contributed by atoms with Crippen LogP contribution in [-0.4, -0.2) is 4.40 Å². The summed E-state index contributed by atoms with van der Waals surface area (Å²) in [7, 11) is 0. The van der Waals surface area contributed by atoms with Crippen LogP contribution in [0, 0.1) is 0 Å². The molecule has 0 saturated heterocycles. The highest BCUT2D eigenvalue weighted by Crippen LogP contribution is 2.23. The lowest BCUT2D eigenvalue weighted by molar-refractivity contribution is 0.459. The molecule has 0 aliphatic rings. The van der Waals surface area contributed by atoms with E-state index in [4.69, 9.17) is 4.74 Å². The summed E-state index contributed by atoms with van der Waals surface area (Å²) < 4.78 is 7.82. The zero-order valence-electron chi connectivity index (χ0n) is 8.71. The first-order chi connectivity index (χ1) is 7.93. The third kappa shape index (κ3) is 1.54. The molecule has 16 heavy (non-hydrogen) atoms. The van der Waals surface area contributed by atoms with Gasteiger partial charge in [-0.05, 0) is 30.3 Å². The van der Waals surface area contributed by atoms with Gasteiger partial charge in [0.1, 0.15) is 5.75 Å². The number of nitrogens with zero attached hydrogens (tertiary/aromatic N) is 1. The molecule has 2 heteroatoms. The lowest BCUT2D eigenvalue weighted by atomic mass is 10.3. The number of aromatic nitrogens is 1. The normalized spacial score (nSPS) is 10.5. The third-order valence-corrected chi connectivity index (χ3v) is 2.49. The molecule has 0 aliphatic heterocycles. The van der Waals surface area contributed by atoms with Gasteiger partial charge in [-0.25, -0.2) is 0 Å². The van der Waals surface area contributed by atoms with Gasteiger partial charge in [0.2, 0.25) is 5.88 Å². The zero-order chi connectivity index (χ0) is 10.8. The average Bonchev–Trinajstić information content (AvgIpc) is 2.74. The minimum absolute atomic E-state index is 0.835. The molecule has 0 fully saturated rings. The van der Waals surface area contributed by atoms with Crippen molar-refractivity contribution < 1.29 is 4.74 Å². The zero-order valence-corrected chi connectivity index (χ0v) is 8.71. The van der Waals surface area contributed by atoms with Crippen molar-refractivity contribution in [2.75, 3.05) is 0 Å². The molecule has 0 atom stereocenters. The number of pyridine rings is 1. The second-order valence-corrected chi connectivity index (χ2v) is 3.58. The Morgan fingerprint density at radius 2 is 1.56 bits per heavy atom. The van der Waals surface area contributed by atoms with E-state index in [9.17, 15) is 0 Å². The van der Waals surface area contributed by atoms with E-state index in [2.05, 4.69) is 6.07 Å². The van der Waals surface area contributed by atoms with Crippen LogP contribution in [0.25, 0.3) is 5.52 Å². The molecule has 0 aliphatic carbocycles. The highest BCUT2D eigenvalue weighted by Gasteiger charge is 2.02. The number of ether oxygens (including phenoxy) is 1. The van der Waals surface area contributed by atoms with Crippen molar-refractivity contribution in [1.82, 2.24) is 4.40 Å². The molecule has 0 unspecified atom stereocenters. The fraction of sp³-hybridized carbons (Fsp3) is 0. The molecule has 78 valence electrons. The molecule has 0 bridgehead atoms. The highest BCUT2D eigenvalue weighted by atomic mass is 16.5. The Hall–Kier alpha value is -2.22. The molecule has 3 aromatic rings. The summed E-state index contributed by atoms with van der Waals surface area (Å²) in [5.74, 6) is 1.69. The molecule has 3 rings (SSSR count). The molecule has 2 heterocycles. The van der Waals surface area contributed by atoms with Crippen LogP contribution < -0.4 is 4.74 Å². The van der Waals surface area contributed by atoms with E-state index in [-0.39, 0.29) is 0 Å². The Balaban J connectivity index is 2.01. The van der Waals surface area contributed by atoms with E-state index >= 15 is 0 Å². The number of benzene rings is 1. The number of rotatable bonds is 2. The van der Waals surface area contributed by atoms with E-state index in [1.807, 2.05) is 65.2 Å². The summed E-state index contributed by atoms with van der Waals surface area (Å²) >= 11 is 0. The Morgan fingerprint density at radius 3 is 2.44 bits per heavy atom. The molecule has 2 nitrogen and oxygen atoms in total. The minimum Gasteiger partial charge on any atom is -0.440 e. The topological polar surface area (TPSA) is 13.6 Å². The van der Waals surface area contributed by atoms with E-state index < -0.39 is 0 Å². The van der Waals surface area contributed by atoms with E-state index in [1.165, 1.54) is 0 Å². The molecule has 0 radical (unpaired) electrons. The fourth-order valence-corrected chi connectivity index (χ4v) is 1.72. The molecule has 0 spiro atoms. The van der Waals surface area contributed by atoms with Gasteiger partial charge in [-0.1, -0.05) is 24.3 Å². The first-order valence-electron chi connectivity index (χ1n) is 5.22. The number of hydrogen-bond acceptors (Lipinski definition) is 1. The summed E-state index contributed by atoms with van der Waals surface area (Å²) in [6.45, 7) is 0. The van der Waals surface area contributed by atoms with Crippen molar-refractivity contribution in [3.05, 3.63) is 66.9 Å². The van der Waals surface area contributed by atoms with Crippen LogP contribution in [0.4, 0.5) is 0 Å². The van der Waals surface area contributed by atoms with Crippen LogP contribution in [0.15, 0.2) is 66.9 Å². The molecule has 0 amide bonds. The van der Waals surface area contributed by atoms with Gasteiger partial charge in [-0.15, -0.1) is 0 Å². The van der Waals surface area contributed by atoms with Crippen molar-refractivity contribution in [3.63, 3.8) is 0 Å². The monoisotopic (exact) mass is 209 g/mol. The number of para-hydroxylation sites is 1. The lowest BCUT2D eigenvalue weighted by Gasteiger charge is -2.05. The van der Waals surface area contributed by atoms with E-state index in [0.717, 1.165) is 17.1 Å². The lowest BCUT2D eigenvalue weighted by Crippen LogP contribution is -1.89. The van der Waals surface area contributed by atoms with Crippen molar-refractivity contribution in [3.8, 4) is 11.6 Å². The number of hydrogen-bond donors (Lipinski definition) is 0. The Bertz CT molecular complexity index is 598. The van der Waals surface area contributed by atoms with Crippen molar-refractivity contribution in [1.29, 1.82) is 0 Å². The molecule has 2 aromatic heterocycles. The largest absolute Gasteiger partial charge is 0.440 e. The first-order valence-corrected chi connectivity index (χ1v) is 5.22. The van der Waals surface area contributed by atoms with Crippen molar-refractivity contribution >= 4 is 5.52 Å². The predicted octanol–water partition coefficient (Wildman–Crippen LogP) is 3.73. The van der Waals surface area contributed by atoms with Crippen LogP contribution in [0.1, 0.15) is 0 Å². The second-order valence-electron chi connectivity index (χ2n) is 3.58. The quantitative estimate of drug-likeness (QED) is 0.627. The molecular formula is C14H11NO. The standard InChI is InChI=1S/C14H11NO/c1-2-7-13(8-3-1)16-14-10-9-12-6-4-5-11-15(12)14/h1-11H. The van der Waals surface area contributed by atoms with Crippen molar-refractivity contribution in [2.45, 2.75) is 0 Å². The molecule has 1 aromatic carbocycles. The first kappa shape index (κ1) is 9.04. The molecule has 0 N–H and O–H groups in total. The highest BCUT2D eigenvalue weighted by molar-refractivity contribution is 5.51. The van der Waals surface area contributed by atoms with Gasteiger partial charge in [0, 0.05) is 17.8 Å².